The largest absolute Gasteiger partial charge is 0.355 e. The van der Waals surface area contributed by atoms with Crippen molar-refractivity contribution in [2.24, 2.45) is 5.41 Å². The van der Waals surface area contributed by atoms with Gasteiger partial charge in [-0.1, -0.05) is 0 Å². The standard InChI is InChI=1S/C17H28N4OS/c1-13-15(23-12-20-13)4-3-7-19-16(22)14-10-17(11-21(14)2)5-8-18-9-6-17/h12,14,18H,3-11H2,1-2H3,(H,19,22). The molecule has 1 atom stereocenters. The summed E-state index contributed by atoms with van der Waals surface area (Å²) in [7, 11) is 2.10. The number of rotatable bonds is 5. The Kier molecular flexibility index (Phi) is 5.34. The second-order valence-corrected chi connectivity index (χ2v) is 8.08. The number of nitrogens with one attached hydrogen (secondary N) is 2. The summed E-state index contributed by atoms with van der Waals surface area (Å²) in [4.78, 5) is 20.4. The molecule has 3 rings (SSSR count). The van der Waals surface area contributed by atoms with E-state index >= 15 is 0 Å². The lowest BCUT2D eigenvalue weighted by Crippen LogP contribution is -2.41. The van der Waals surface area contributed by atoms with Gasteiger partial charge in [-0.05, 0) is 64.6 Å². The van der Waals surface area contributed by atoms with Crippen LogP contribution < -0.4 is 10.6 Å². The third-order valence-electron chi connectivity index (χ3n) is 5.43. The van der Waals surface area contributed by atoms with E-state index in [-0.39, 0.29) is 11.9 Å². The molecule has 1 amide bonds. The molecule has 1 unspecified atom stereocenters. The Labute approximate surface area is 142 Å². The van der Waals surface area contributed by atoms with Gasteiger partial charge < -0.3 is 10.6 Å². The number of piperidine rings is 1. The maximum absolute atomic E-state index is 12.5. The summed E-state index contributed by atoms with van der Waals surface area (Å²) in [6, 6.07) is 0.0539. The van der Waals surface area contributed by atoms with E-state index in [4.69, 9.17) is 0 Å². The highest BCUT2D eigenvalue weighted by molar-refractivity contribution is 7.09. The molecular weight excluding hydrogens is 308 g/mol. The Hall–Kier alpha value is -0.980. The van der Waals surface area contributed by atoms with Gasteiger partial charge >= 0.3 is 0 Å². The third-order valence-corrected chi connectivity index (χ3v) is 6.43. The van der Waals surface area contributed by atoms with Gasteiger partial charge in [0.25, 0.3) is 0 Å². The molecule has 2 aliphatic rings. The lowest BCUT2D eigenvalue weighted by atomic mass is 9.77. The molecule has 1 spiro atoms. The van der Waals surface area contributed by atoms with E-state index in [1.54, 1.807) is 11.3 Å². The maximum atomic E-state index is 12.5. The fourth-order valence-electron chi connectivity index (χ4n) is 4.03. The summed E-state index contributed by atoms with van der Waals surface area (Å²) in [5.41, 5.74) is 3.39. The molecule has 128 valence electrons. The Morgan fingerprint density at radius 2 is 2.30 bits per heavy atom. The molecule has 5 nitrogen and oxygen atoms in total. The van der Waals surface area contributed by atoms with Crippen molar-refractivity contribution in [2.75, 3.05) is 33.2 Å². The van der Waals surface area contributed by atoms with E-state index in [9.17, 15) is 4.79 Å². The van der Waals surface area contributed by atoms with E-state index in [0.29, 0.717) is 5.41 Å². The molecular formula is C17H28N4OS. The van der Waals surface area contributed by atoms with Crippen LogP contribution in [-0.2, 0) is 11.2 Å². The van der Waals surface area contributed by atoms with Gasteiger partial charge in [-0.15, -0.1) is 11.3 Å². The lowest BCUT2D eigenvalue weighted by Gasteiger charge is -2.33. The summed E-state index contributed by atoms with van der Waals surface area (Å²) in [5.74, 6) is 0.212. The van der Waals surface area contributed by atoms with Gasteiger partial charge in [-0.3, -0.25) is 9.69 Å². The van der Waals surface area contributed by atoms with E-state index in [1.807, 2.05) is 5.51 Å². The number of thiazole rings is 1. The summed E-state index contributed by atoms with van der Waals surface area (Å²) in [5, 5.41) is 6.58. The van der Waals surface area contributed by atoms with Gasteiger partial charge in [0.05, 0.1) is 17.2 Å². The second-order valence-electron chi connectivity index (χ2n) is 7.14. The highest BCUT2D eigenvalue weighted by atomic mass is 32.1. The topological polar surface area (TPSA) is 57.3 Å². The number of carbonyl (C=O) groups is 1. The molecule has 2 N–H and O–H groups in total. The average molecular weight is 337 g/mol. The van der Waals surface area contributed by atoms with Crippen LogP contribution in [0.25, 0.3) is 0 Å². The molecule has 0 radical (unpaired) electrons. The highest BCUT2D eigenvalue weighted by Crippen LogP contribution is 2.41. The number of hydrogen-bond acceptors (Lipinski definition) is 5. The minimum atomic E-state index is 0.0539. The van der Waals surface area contributed by atoms with Crippen molar-refractivity contribution in [2.45, 2.75) is 45.1 Å². The van der Waals surface area contributed by atoms with Crippen LogP contribution in [0, 0.1) is 12.3 Å². The fraction of sp³-hybridized carbons (Fsp3) is 0.765. The molecule has 2 saturated heterocycles. The van der Waals surface area contributed by atoms with E-state index in [2.05, 4.69) is 34.5 Å². The van der Waals surface area contributed by atoms with Crippen molar-refractivity contribution in [3.05, 3.63) is 16.1 Å². The minimum Gasteiger partial charge on any atom is -0.355 e. The van der Waals surface area contributed by atoms with Crippen molar-refractivity contribution in [1.82, 2.24) is 20.5 Å². The van der Waals surface area contributed by atoms with Crippen molar-refractivity contribution in [1.29, 1.82) is 0 Å². The summed E-state index contributed by atoms with van der Waals surface area (Å²) in [6.45, 7) is 6.06. The van der Waals surface area contributed by atoms with Crippen molar-refractivity contribution < 1.29 is 4.79 Å². The number of aromatic nitrogens is 1. The van der Waals surface area contributed by atoms with Gasteiger partial charge in [0.15, 0.2) is 0 Å². The van der Waals surface area contributed by atoms with Crippen LogP contribution in [-0.4, -0.2) is 55.1 Å². The van der Waals surface area contributed by atoms with E-state index in [0.717, 1.165) is 51.1 Å². The van der Waals surface area contributed by atoms with Gasteiger partial charge in [0.2, 0.25) is 5.91 Å². The molecule has 0 saturated carbocycles. The quantitative estimate of drug-likeness (QED) is 0.802. The van der Waals surface area contributed by atoms with Gasteiger partial charge in [0.1, 0.15) is 0 Å². The van der Waals surface area contributed by atoms with Gasteiger partial charge in [-0.25, -0.2) is 4.98 Å². The number of likely N-dealkylation sites (N-methyl/N-ethyl adjacent to an activating group) is 1. The number of aryl methyl sites for hydroxylation is 2. The zero-order valence-corrected chi connectivity index (χ0v) is 15.0. The molecule has 2 aliphatic heterocycles. The highest BCUT2D eigenvalue weighted by Gasteiger charge is 2.45. The lowest BCUT2D eigenvalue weighted by molar-refractivity contribution is -0.125. The fourth-order valence-corrected chi connectivity index (χ4v) is 4.85. The maximum Gasteiger partial charge on any atom is 0.237 e. The number of carbonyl (C=O) groups excluding carboxylic acids is 1. The molecule has 6 heteroatoms. The Bertz CT molecular complexity index is 538. The Morgan fingerprint density at radius 1 is 1.52 bits per heavy atom. The van der Waals surface area contributed by atoms with Crippen LogP contribution >= 0.6 is 11.3 Å². The zero-order valence-electron chi connectivity index (χ0n) is 14.2. The van der Waals surface area contributed by atoms with Crippen LogP contribution in [0.15, 0.2) is 5.51 Å². The number of likely N-dealkylation sites (tertiary alicyclic amines) is 1. The summed E-state index contributed by atoms with van der Waals surface area (Å²) >= 11 is 1.71. The summed E-state index contributed by atoms with van der Waals surface area (Å²) < 4.78 is 0. The van der Waals surface area contributed by atoms with Crippen LogP contribution in [0.1, 0.15) is 36.3 Å². The molecule has 2 fully saturated rings. The van der Waals surface area contributed by atoms with Crippen LogP contribution in [0.2, 0.25) is 0 Å². The van der Waals surface area contributed by atoms with Crippen molar-refractivity contribution in [3.63, 3.8) is 0 Å². The predicted octanol–water partition coefficient (Wildman–Crippen LogP) is 1.57. The first-order valence-corrected chi connectivity index (χ1v) is 9.55. The molecule has 0 bridgehead atoms. The number of amides is 1. The van der Waals surface area contributed by atoms with E-state index in [1.165, 1.54) is 17.7 Å². The number of hydrogen-bond donors (Lipinski definition) is 2. The normalized spacial score (nSPS) is 24.2. The monoisotopic (exact) mass is 336 g/mol. The molecule has 3 heterocycles. The van der Waals surface area contributed by atoms with Gasteiger partial charge in [-0.2, -0.15) is 0 Å². The molecule has 0 aromatic carbocycles. The number of nitrogens with zero attached hydrogens (tertiary/aromatic N) is 2. The zero-order chi connectivity index (χ0) is 16.3. The van der Waals surface area contributed by atoms with Crippen LogP contribution in [0.3, 0.4) is 0 Å². The predicted molar refractivity (Wildman–Crippen MR) is 93.8 cm³/mol. The third kappa shape index (κ3) is 3.92. The first kappa shape index (κ1) is 16.9. The minimum absolute atomic E-state index is 0.0539. The van der Waals surface area contributed by atoms with Crippen molar-refractivity contribution >= 4 is 17.2 Å². The van der Waals surface area contributed by atoms with Gasteiger partial charge in [0, 0.05) is 18.0 Å². The molecule has 1 aromatic heterocycles. The first-order valence-electron chi connectivity index (χ1n) is 8.67. The molecule has 23 heavy (non-hydrogen) atoms. The summed E-state index contributed by atoms with van der Waals surface area (Å²) in [6.07, 6.45) is 5.41. The first-order chi connectivity index (χ1) is 11.1. The average Bonchev–Trinajstić information content (AvgIpc) is 3.08. The van der Waals surface area contributed by atoms with Crippen molar-refractivity contribution in [3.8, 4) is 0 Å². The molecule has 1 aromatic rings. The SMILES string of the molecule is Cc1ncsc1CCCNC(=O)C1CC2(CCNCC2)CN1C. The van der Waals surface area contributed by atoms with E-state index < -0.39 is 0 Å². The van der Waals surface area contributed by atoms with Crippen LogP contribution in [0.4, 0.5) is 0 Å². The molecule has 0 aliphatic carbocycles. The smallest absolute Gasteiger partial charge is 0.237 e. The Morgan fingerprint density at radius 3 is 3.00 bits per heavy atom. The van der Waals surface area contributed by atoms with Crippen LogP contribution in [0.5, 0.6) is 0 Å². The Balaban J connectivity index is 1.44. The second kappa shape index (κ2) is 7.28.